The van der Waals surface area contributed by atoms with E-state index in [1.54, 1.807) is 24.3 Å². The van der Waals surface area contributed by atoms with Crippen LogP contribution in [0.1, 0.15) is 35.9 Å². The van der Waals surface area contributed by atoms with Gasteiger partial charge in [-0.05, 0) is 86.4 Å². The van der Waals surface area contributed by atoms with Crippen molar-refractivity contribution in [1.29, 1.82) is 0 Å². The molecule has 1 fully saturated rings. The number of carbonyl (C=O) groups excluding carboxylic acids is 1. The molecule has 1 saturated heterocycles. The van der Waals surface area contributed by atoms with Crippen molar-refractivity contribution in [2.24, 2.45) is 0 Å². The number of hydrogen-bond acceptors (Lipinski definition) is 6. The molecule has 1 aliphatic heterocycles. The van der Waals surface area contributed by atoms with Gasteiger partial charge >= 0.3 is 0 Å². The van der Waals surface area contributed by atoms with E-state index in [1.807, 2.05) is 42.5 Å². The quantitative estimate of drug-likeness (QED) is 0.187. The summed E-state index contributed by atoms with van der Waals surface area (Å²) >= 11 is 17.0. The Morgan fingerprint density at radius 3 is 2.49 bits per heavy atom. The Morgan fingerprint density at radius 2 is 1.79 bits per heavy atom. The Bertz CT molecular complexity index is 1600. The molecule has 0 N–H and O–H groups in total. The Kier molecular flexibility index (Phi) is 8.68. The smallest absolute Gasteiger partial charge is 0.259 e. The summed E-state index contributed by atoms with van der Waals surface area (Å²) in [5, 5.41) is 5.64. The summed E-state index contributed by atoms with van der Waals surface area (Å²) < 4.78 is 11.5. The van der Waals surface area contributed by atoms with Crippen LogP contribution in [0, 0.1) is 0 Å². The van der Waals surface area contributed by atoms with Crippen molar-refractivity contribution in [3.63, 3.8) is 0 Å². The second-order valence-corrected chi connectivity index (χ2v) is 10.6. The van der Waals surface area contributed by atoms with Crippen LogP contribution >= 0.6 is 34.8 Å². The van der Waals surface area contributed by atoms with Crippen LogP contribution in [0.2, 0.25) is 10.0 Å². The normalized spacial score (nSPS) is 15.3. The third-order valence-corrected chi connectivity index (χ3v) is 7.64. The zero-order chi connectivity index (χ0) is 27.4. The molecular weight excluding hydrogens is 557 g/mol. The number of halogens is 3. The molecule has 0 unspecified atom stereocenters. The first kappa shape index (κ1) is 27.4. The molecule has 0 saturated carbocycles. The van der Waals surface area contributed by atoms with Crippen LogP contribution in [0.25, 0.3) is 33.8 Å². The van der Waals surface area contributed by atoms with Crippen molar-refractivity contribution in [1.82, 2.24) is 15.0 Å². The lowest BCUT2D eigenvalue weighted by Gasteiger charge is -2.19. The van der Waals surface area contributed by atoms with Crippen LogP contribution in [0.4, 0.5) is 0 Å². The van der Waals surface area contributed by atoms with Gasteiger partial charge in [-0.25, -0.2) is 0 Å². The van der Waals surface area contributed by atoms with E-state index in [2.05, 4.69) is 28.0 Å². The molecular formula is C30H26Cl3N3O3. The highest BCUT2D eigenvalue weighted by atomic mass is 35.5. The van der Waals surface area contributed by atoms with E-state index >= 15 is 0 Å². The highest BCUT2D eigenvalue weighted by molar-refractivity contribution is 6.68. The molecule has 0 spiro atoms. The Labute approximate surface area is 241 Å². The first-order valence-electron chi connectivity index (χ1n) is 12.7. The van der Waals surface area contributed by atoms with Gasteiger partial charge in [0.1, 0.15) is 11.3 Å². The molecule has 6 nitrogen and oxygen atoms in total. The second-order valence-electron chi connectivity index (χ2n) is 9.40. The van der Waals surface area contributed by atoms with E-state index < -0.39 is 5.24 Å². The average Bonchev–Trinajstić information content (AvgIpc) is 3.67. The molecule has 0 amide bonds. The van der Waals surface area contributed by atoms with Crippen molar-refractivity contribution in [2.45, 2.75) is 32.2 Å². The zero-order valence-corrected chi connectivity index (χ0v) is 23.5. The van der Waals surface area contributed by atoms with Crippen LogP contribution < -0.4 is 0 Å². The molecule has 1 aliphatic rings. The molecule has 6 rings (SSSR count). The number of carbonyl (C=O) groups is 1. The number of aromatic nitrogens is 2. The van der Waals surface area contributed by atoms with Crippen molar-refractivity contribution >= 4 is 51.0 Å². The summed E-state index contributed by atoms with van der Waals surface area (Å²) in [6.45, 7) is 4.54. The van der Waals surface area contributed by atoms with Crippen LogP contribution in [0.3, 0.4) is 0 Å². The Balaban J connectivity index is 0.000000261. The van der Waals surface area contributed by atoms with E-state index in [0.29, 0.717) is 33.4 Å². The number of furan rings is 1. The number of rotatable bonds is 6. The number of hydrogen-bond donors (Lipinski definition) is 0. The van der Waals surface area contributed by atoms with Gasteiger partial charge < -0.3 is 13.8 Å². The van der Waals surface area contributed by atoms with Gasteiger partial charge in [0.2, 0.25) is 5.82 Å². The molecule has 3 aromatic carbocycles. The van der Waals surface area contributed by atoms with E-state index in [4.69, 9.17) is 43.7 Å². The molecule has 5 aromatic rings. The van der Waals surface area contributed by atoms with Crippen LogP contribution in [-0.4, -0.2) is 39.4 Å². The van der Waals surface area contributed by atoms with E-state index in [9.17, 15) is 4.79 Å². The lowest BCUT2D eigenvalue weighted by molar-refractivity contribution is 0.108. The number of fused-ring (bicyclic) bond motifs is 1. The van der Waals surface area contributed by atoms with Gasteiger partial charge in [0.05, 0.1) is 21.2 Å². The molecule has 9 heteroatoms. The summed E-state index contributed by atoms with van der Waals surface area (Å²) in [6, 6.07) is 22.9. The van der Waals surface area contributed by atoms with Crippen molar-refractivity contribution in [3.8, 4) is 22.8 Å². The van der Waals surface area contributed by atoms with Crippen molar-refractivity contribution in [3.05, 3.63) is 94.2 Å². The fourth-order valence-corrected chi connectivity index (χ4v) is 5.30. The fourth-order valence-electron chi connectivity index (χ4n) is 4.64. The zero-order valence-electron chi connectivity index (χ0n) is 21.2. The lowest BCUT2D eigenvalue weighted by atomic mass is 10.1. The summed E-state index contributed by atoms with van der Waals surface area (Å²) in [7, 11) is 0. The molecule has 39 heavy (non-hydrogen) atoms. The van der Waals surface area contributed by atoms with Gasteiger partial charge in [0, 0.05) is 30.0 Å². The summed E-state index contributed by atoms with van der Waals surface area (Å²) in [5.74, 6) is 1.97. The topological polar surface area (TPSA) is 72.4 Å². The van der Waals surface area contributed by atoms with Gasteiger partial charge in [-0.2, -0.15) is 4.98 Å². The number of nitrogens with zero attached hydrogens (tertiary/aromatic N) is 3. The van der Waals surface area contributed by atoms with Gasteiger partial charge in [-0.3, -0.25) is 4.79 Å². The maximum absolute atomic E-state index is 10.5. The summed E-state index contributed by atoms with van der Waals surface area (Å²) in [5.41, 5.74) is 2.86. The monoisotopic (exact) mass is 581 g/mol. The van der Waals surface area contributed by atoms with Crippen molar-refractivity contribution < 1.29 is 13.7 Å². The summed E-state index contributed by atoms with van der Waals surface area (Å²) in [6.07, 6.45) is 3.52. The standard InChI is InChI=1S/C23H22ClN3O2.C7H4Cl2O/c1-15-5-4-11-27(15)12-10-18-14-17-13-16(8-9-21(17)28-18)22-25-23(29-26-22)19-6-2-3-7-20(19)24;8-6-4-2-1-3-5(6)7(9)10/h2-3,6-9,13-15H,4-5,10-12H2,1H3;1-4H/t15-;/m1./s1. The molecule has 1 atom stereocenters. The highest BCUT2D eigenvalue weighted by Crippen LogP contribution is 2.30. The van der Waals surface area contributed by atoms with Gasteiger partial charge in [0.15, 0.2) is 0 Å². The molecule has 0 radical (unpaired) electrons. The number of likely N-dealkylation sites (tertiary alicyclic amines) is 1. The van der Waals surface area contributed by atoms with Crippen LogP contribution in [-0.2, 0) is 6.42 Å². The highest BCUT2D eigenvalue weighted by Gasteiger charge is 2.20. The third kappa shape index (κ3) is 6.53. The molecule has 0 bridgehead atoms. The predicted octanol–water partition coefficient (Wildman–Crippen LogP) is 8.55. The average molecular weight is 583 g/mol. The fraction of sp³-hybridized carbons (Fsp3) is 0.233. The summed E-state index contributed by atoms with van der Waals surface area (Å²) in [4.78, 5) is 17.6. The van der Waals surface area contributed by atoms with E-state index in [1.165, 1.54) is 19.4 Å². The van der Waals surface area contributed by atoms with Crippen LogP contribution in [0.5, 0.6) is 0 Å². The SMILES string of the molecule is C[C@@H]1CCCN1CCc1cc2cc(-c3noc(-c4ccccc4Cl)n3)ccc2o1.O=C(Cl)c1ccccc1Cl. The Hall–Kier alpha value is -3.16. The second kappa shape index (κ2) is 12.3. The molecule has 3 heterocycles. The maximum Gasteiger partial charge on any atom is 0.259 e. The Morgan fingerprint density at radius 1 is 1.03 bits per heavy atom. The first-order chi connectivity index (χ1) is 18.9. The lowest BCUT2D eigenvalue weighted by Crippen LogP contribution is -2.28. The predicted molar refractivity (Wildman–Crippen MR) is 156 cm³/mol. The van der Waals surface area contributed by atoms with E-state index in [0.717, 1.165) is 40.8 Å². The van der Waals surface area contributed by atoms with Crippen molar-refractivity contribution in [2.75, 3.05) is 13.1 Å². The molecule has 0 aliphatic carbocycles. The first-order valence-corrected chi connectivity index (χ1v) is 13.8. The van der Waals surface area contributed by atoms with Gasteiger partial charge in [-0.15, -0.1) is 0 Å². The molecule has 2 aromatic heterocycles. The largest absolute Gasteiger partial charge is 0.461 e. The van der Waals surface area contributed by atoms with Crippen LogP contribution in [0.15, 0.2) is 81.7 Å². The van der Waals surface area contributed by atoms with E-state index in [-0.39, 0.29) is 0 Å². The maximum atomic E-state index is 10.5. The van der Waals surface area contributed by atoms with Gasteiger partial charge in [0.25, 0.3) is 11.1 Å². The third-order valence-electron chi connectivity index (χ3n) is 6.78. The minimum absolute atomic E-state index is 0.353. The minimum Gasteiger partial charge on any atom is -0.461 e. The van der Waals surface area contributed by atoms with Gasteiger partial charge in [-0.1, -0.05) is 52.6 Å². The number of benzene rings is 3. The minimum atomic E-state index is -0.523. The molecule has 200 valence electrons.